The number of nitro benzene ring substituents is 1. The van der Waals surface area contributed by atoms with Crippen LogP contribution in [0.15, 0.2) is 47.5 Å². The zero-order valence-corrected chi connectivity index (χ0v) is 13.4. The Balaban J connectivity index is 2.12. The Labute approximate surface area is 139 Å². The van der Waals surface area contributed by atoms with Gasteiger partial charge in [-0.15, -0.1) is 0 Å². The number of halogens is 1. The molecule has 0 aliphatic carbocycles. The average molecular weight is 345 g/mol. The normalized spacial score (nSPS) is 11.8. The van der Waals surface area contributed by atoms with E-state index in [1.54, 1.807) is 6.07 Å². The van der Waals surface area contributed by atoms with Gasteiger partial charge in [0, 0.05) is 24.2 Å². The maximum Gasteiger partial charge on any atom is 0.279 e. The van der Waals surface area contributed by atoms with E-state index in [1.165, 1.54) is 47.7 Å². The molecule has 2 aromatic carbocycles. The van der Waals surface area contributed by atoms with E-state index in [0.29, 0.717) is 16.0 Å². The predicted molar refractivity (Wildman–Crippen MR) is 88.4 cm³/mol. The molecule has 0 atom stereocenters. The Kier molecular flexibility index (Phi) is 4.22. The van der Waals surface area contributed by atoms with Gasteiger partial charge in [0.1, 0.15) is 5.82 Å². The Morgan fingerprint density at radius 1 is 1.29 bits per heavy atom. The Hall–Kier alpha value is -2.87. The molecule has 24 heavy (non-hydrogen) atoms. The van der Waals surface area contributed by atoms with Gasteiger partial charge in [-0.2, -0.15) is 4.99 Å². The molecular weight excluding hydrogens is 333 g/mol. The number of nitro groups is 1. The van der Waals surface area contributed by atoms with Crippen molar-refractivity contribution in [3.63, 3.8) is 0 Å². The number of hydrogen-bond acceptors (Lipinski definition) is 4. The highest BCUT2D eigenvalue weighted by Gasteiger charge is 2.12. The number of rotatable bonds is 3. The Bertz CT molecular complexity index is 1010. The highest BCUT2D eigenvalue weighted by atomic mass is 32.1. The van der Waals surface area contributed by atoms with Crippen molar-refractivity contribution >= 4 is 33.1 Å². The van der Waals surface area contributed by atoms with E-state index < -0.39 is 16.6 Å². The van der Waals surface area contributed by atoms with E-state index in [2.05, 4.69) is 4.99 Å². The molecule has 0 bridgehead atoms. The van der Waals surface area contributed by atoms with Gasteiger partial charge < -0.3 is 4.57 Å². The molecule has 8 heteroatoms. The van der Waals surface area contributed by atoms with E-state index >= 15 is 0 Å². The molecule has 0 spiro atoms. The first-order chi connectivity index (χ1) is 11.5. The van der Waals surface area contributed by atoms with Gasteiger partial charge in [0.25, 0.3) is 11.6 Å². The number of amides is 1. The summed E-state index contributed by atoms with van der Waals surface area (Å²) in [6.45, 7) is 2.46. The van der Waals surface area contributed by atoms with Crippen molar-refractivity contribution < 1.29 is 14.1 Å². The minimum atomic E-state index is -0.488. The van der Waals surface area contributed by atoms with E-state index in [9.17, 15) is 19.3 Å². The fourth-order valence-corrected chi connectivity index (χ4v) is 3.44. The predicted octanol–water partition coefficient (Wildman–Crippen LogP) is 3.51. The van der Waals surface area contributed by atoms with Crippen LogP contribution in [-0.4, -0.2) is 15.4 Å². The van der Waals surface area contributed by atoms with E-state index in [1.807, 2.05) is 11.5 Å². The molecule has 122 valence electrons. The molecule has 0 saturated heterocycles. The van der Waals surface area contributed by atoms with E-state index in [-0.39, 0.29) is 11.3 Å². The largest absolute Gasteiger partial charge is 0.317 e. The summed E-state index contributed by atoms with van der Waals surface area (Å²) in [6.07, 6.45) is 0. The summed E-state index contributed by atoms with van der Waals surface area (Å²) in [5.41, 5.74) is 1.05. The van der Waals surface area contributed by atoms with Crippen LogP contribution in [0.3, 0.4) is 0 Å². The summed E-state index contributed by atoms with van der Waals surface area (Å²) < 4.78 is 15.4. The van der Waals surface area contributed by atoms with Crippen molar-refractivity contribution in [3.8, 4) is 0 Å². The van der Waals surface area contributed by atoms with Gasteiger partial charge in [0.05, 0.1) is 15.1 Å². The number of fused-ring (bicyclic) bond motifs is 1. The molecule has 1 aromatic heterocycles. The second-order valence-electron chi connectivity index (χ2n) is 4.96. The van der Waals surface area contributed by atoms with E-state index in [4.69, 9.17) is 0 Å². The summed E-state index contributed by atoms with van der Waals surface area (Å²) in [7, 11) is 0. The summed E-state index contributed by atoms with van der Waals surface area (Å²) >= 11 is 1.20. The fourth-order valence-electron chi connectivity index (χ4n) is 2.31. The first-order valence-electron chi connectivity index (χ1n) is 7.12. The maximum atomic E-state index is 12.9. The van der Waals surface area contributed by atoms with Crippen molar-refractivity contribution in [2.24, 2.45) is 4.99 Å². The lowest BCUT2D eigenvalue weighted by Crippen LogP contribution is -2.15. The molecule has 1 amide bonds. The first kappa shape index (κ1) is 16.0. The lowest BCUT2D eigenvalue weighted by atomic mass is 10.2. The van der Waals surface area contributed by atoms with Gasteiger partial charge in [0.15, 0.2) is 4.80 Å². The number of carbonyl (C=O) groups excluding carboxylic acids is 1. The van der Waals surface area contributed by atoms with Gasteiger partial charge in [0.2, 0.25) is 0 Å². The van der Waals surface area contributed by atoms with Crippen LogP contribution in [-0.2, 0) is 6.54 Å². The number of non-ortho nitro benzene ring substituents is 1. The van der Waals surface area contributed by atoms with Crippen molar-refractivity contribution in [1.82, 2.24) is 4.57 Å². The van der Waals surface area contributed by atoms with Crippen LogP contribution >= 0.6 is 11.3 Å². The second kappa shape index (κ2) is 6.32. The number of aryl methyl sites for hydroxylation is 1. The topological polar surface area (TPSA) is 77.5 Å². The number of thiazole rings is 1. The molecule has 0 unspecified atom stereocenters. The van der Waals surface area contributed by atoms with Crippen molar-refractivity contribution in [1.29, 1.82) is 0 Å². The van der Waals surface area contributed by atoms with Crippen molar-refractivity contribution in [2.75, 3.05) is 0 Å². The quantitative estimate of drug-likeness (QED) is 0.538. The SMILES string of the molecule is CCn1c(=NC(=O)c2ccc(F)cc2)sc2cc([N+](=O)[O-])ccc21. The van der Waals surface area contributed by atoms with Crippen molar-refractivity contribution in [3.05, 3.63) is 68.8 Å². The minimum absolute atomic E-state index is 0.0107. The molecule has 0 aliphatic heterocycles. The third kappa shape index (κ3) is 2.95. The van der Waals surface area contributed by atoms with Crippen LogP contribution < -0.4 is 4.80 Å². The van der Waals surface area contributed by atoms with Crippen LogP contribution in [0, 0.1) is 15.9 Å². The first-order valence-corrected chi connectivity index (χ1v) is 7.93. The van der Waals surface area contributed by atoms with Gasteiger partial charge in [-0.1, -0.05) is 11.3 Å². The standard InChI is InChI=1S/C16H12FN3O3S/c1-2-19-13-8-7-12(20(22)23)9-14(13)24-16(19)18-15(21)10-3-5-11(17)6-4-10/h3-9H,2H2,1H3. The third-order valence-electron chi connectivity index (χ3n) is 3.48. The smallest absolute Gasteiger partial charge is 0.279 e. The zero-order valence-electron chi connectivity index (χ0n) is 12.6. The Morgan fingerprint density at radius 2 is 2.00 bits per heavy atom. The van der Waals surface area contributed by atoms with Gasteiger partial charge in [-0.05, 0) is 37.3 Å². The zero-order chi connectivity index (χ0) is 17.3. The van der Waals surface area contributed by atoms with Crippen molar-refractivity contribution in [2.45, 2.75) is 13.5 Å². The number of hydrogen-bond donors (Lipinski definition) is 0. The van der Waals surface area contributed by atoms with Crippen LogP contribution in [0.1, 0.15) is 17.3 Å². The molecule has 3 rings (SSSR count). The minimum Gasteiger partial charge on any atom is -0.317 e. The summed E-state index contributed by atoms with van der Waals surface area (Å²) in [5, 5.41) is 10.9. The maximum absolute atomic E-state index is 12.9. The highest BCUT2D eigenvalue weighted by Crippen LogP contribution is 2.23. The van der Waals surface area contributed by atoms with Gasteiger partial charge in [-0.25, -0.2) is 4.39 Å². The summed E-state index contributed by atoms with van der Waals surface area (Å²) in [4.78, 5) is 27.2. The lowest BCUT2D eigenvalue weighted by Gasteiger charge is -2.00. The second-order valence-corrected chi connectivity index (χ2v) is 5.97. The number of benzene rings is 2. The van der Waals surface area contributed by atoms with Crippen LogP contribution in [0.25, 0.3) is 10.2 Å². The Morgan fingerprint density at radius 3 is 2.62 bits per heavy atom. The number of carbonyl (C=O) groups is 1. The van der Waals surface area contributed by atoms with Crippen LogP contribution in [0.2, 0.25) is 0 Å². The van der Waals surface area contributed by atoms with E-state index in [0.717, 1.165) is 5.52 Å². The molecule has 0 saturated carbocycles. The summed E-state index contributed by atoms with van der Waals surface area (Å²) in [5.74, 6) is -0.914. The van der Waals surface area contributed by atoms with Crippen LogP contribution in [0.4, 0.5) is 10.1 Å². The average Bonchev–Trinajstić information content (AvgIpc) is 2.91. The number of aromatic nitrogens is 1. The molecular formula is C16H12FN3O3S. The third-order valence-corrected chi connectivity index (χ3v) is 4.52. The highest BCUT2D eigenvalue weighted by molar-refractivity contribution is 7.16. The summed E-state index contributed by atoms with van der Waals surface area (Å²) in [6, 6.07) is 9.68. The molecule has 6 nitrogen and oxygen atoms in total. The molecule has 0 N–H and O–H groups in total. The number of nitrogens with zero attached hydrogens (tertiary/aromatic N) is 3. The van der Waals surface area contributed by atoms with Gasteiger partial charge >= 0.3 is 0 Å². The molecule has 3 aromatic rings. The van der Waals surface area contributed by atoms with Crippen LogP contribution in [0.5, 0.6) is 0 Å². The molecule has 0 radical (unpaired) electrons. The monoisotopic (exact) mass is 345 g/mol. The molecule has 0 fully saturated rings. The molecule has 1 heterocycles. The van der Waals surface area contributed by atoms with Gasteiger partial charge in [-0.3, -0.25) is 14.9 Å². The fraction of sp³-hybridized carbons (Fsp3) is 0.125. The molecule has 0 aliphatic rings. The lowest BCUT2D eigenvalue weighted by molar-refractivity contribution is -0.384.